The van der Waals surface area contributed by atoms with Crippen molar-refractivity contribution in [2.24, 2.45) is 0 Å². The number of hydrogen-bond acceptors (Lipinski definition) is 5. The zero-order valence-corrected chi connectivity index (χ0v) is 12.7. The van der Waals surface area contributed by atoms with Gasteiger partial charge in [-0.25, -0.2) is 9.24 Å². The summed E-state index contributed by atoms with van der Waals surface area (Å²) in [7, 11) is -6.89. The maximum absolute atomic E-state index is 12.6. The van der Waals surface area contributed by atoms with Crippen LogP contribution in [0.1, 0.15) is 46.0 Å². The Hall–Kier alpha value is 0.460. The maximum atomic E-state index is 12.6. The Bertz CT molecular complexity index is 279. The van der Waals surface area contributed by atoms with Crippen molar-refractivity contribution in [3.05, 3.63) is 0 Å². The quantitative estimate of drug-likeness (QED) is 0.665. The zero-order chi connectivity index (χ0) is 13.6. The van der Waals surface area contributed by atoms with Crippen molar-refractivity contribution in [1.29, 1.82) is 0 Å². The molecule has 18 heavy (non-hydrogen) atoms. The van der Waals surface area contributed by atoms with E-state index in [9.17, 15) is 14.4 Å². The Labute approximate surface area is 110 Å². The van der Waals surface area contributed by atoms with Crippen LogP contribution in [0.2, 0.25) is 0 Å². The minimum Gasteiger partial charge on any atom is -0.820 e. The fraction of sp³-hybridized carbons (Fsp3) is 1.00. The van der Waals surface area contributed by atoms with Crippen molar-refractivity contribution in [3.8, 4) is 0 Å². The minimum atomic E-state index is -3.70. The molecule has 1 aliphatic heterocycles. The third-order valence-electron chi connectivity index (χ3n) is 3.04. The first-order valence-electron chi connectivity index (χ1n) is 6.39. The predicted octanol–water partition coefficient (Wildman–Crippen LogP) is 1.75. The number of piperidine rings is 1. The fourth-order valence-electron chi connectivity index (χ4n) is 1.97. The van der Waals surface area contributed by atoms with Crippen molar-refractivity contribution < 1.29 is 23.2 Å². The summed E-state index contributed by atoms with van der Waals surface area (Å²) in [5, 5.41) is 0. The normalized spacial score (nSPS) is 21.4. The molecule has 1 rings (SSSR count). The van der Waals surface area contributed by atoms with Gasteiger partial charge in [-0.15, -0.1) is 8.60 Å². The lowest BCUT2D eigenvalue weighted by atomic mass is 10.2. The Morgan fingerprint density at radius 1 is 1.22 bits per heavy atom. The van der Waals surface area contributed by atoms with Crippen LogP contribution < -0.4 is 9.79 Å². The average Bonchev–Trinajstić information content (AvgIpc) is 2.36. The van der Waals surface area contributed by atoms with E-state index >= 15 is 0 Å². The second kappa shape index (κ2) is 7.91. The smallest absolute Gasteiger partial charge is 0.409 e. The Morgan fingerprint density at radius 3 is 2.22 bits per heavy atom. The first-order chi connectivity index (χ1) is 8.51. The van der Waals surface area contributed by atoms with Gasteiger partial charge >= 0.3 is 7.75 Å². The standard InChI is InChI=1S/C10H21NO5P2/c1-3-10(4-2)15-18(14,16-17(12)13)11-8-6-5-7-9-11/h10H,3-9H2,1-2H3/q-2. The van der Waals surface area contributed by atoms with E-state index in [0.29, 0.717) is 25.9 Å². The second-order valence-electron chi connectivity index (χ2n) is 4.33. The van der Waals surface area contributed by atoms with Gasteiger partial charge in [0.25, 0.3) is 0 Å². The molecule has 1 atom stereocenters. The third kappa shape index (κ3) is 4.86. The summed E-state index contributed by atoms with van der Waals surface area (Å²) in [5.41, 5.74) is 0. The van der Waals surface area contributed by atoms with Gasteiger partial charge in [-0.1, -0.05) is 20.3 Å². The Balaban J connectivity index is 2.76. The van der Waals surface area contributed by atoms with Crippen LogP contribution in [0.15, 0.2) is 0 Å². The number of nitrogens with zero attached hydrogens (tertiary/aromatic N) is 1. The van der Waals surface area contributed by atoms with Gasteiger partial charge in [0.2, 0.25) is 0 Å². The van der Waals surface area contributed by atoms with E-state index in [1.165, 1.54) is 0 Å². The van der Waals surface area contributed by atoms with E-state index in [2.05, 4.69) is 4.31 Å². The molecular weight excluding hydrogens is 276 g/mol. The monoisotopic (exact) mass is 297 g/mol. The lowest BCUT2D eigenvalue weighted by Gasteiger charge is -2.40. The Morgan fingerprint density at radius 2 is 1.78 bits per heavy atom. The summed E-state index contributed by atoms with van der Waals surface area (Å²) in [6, 6.07) is 0. The molecule has 0 aliphatic carbocycles. The van der Waals surface area contributed by atoms with Crippen molar-refractivity contribution in [2.45, 2.75) is 52.1 Å². The van der Waals surface area contributed by atoms with Crippen LogP contribution in [0.25, 0.3) is 0 Å². The molecule has 0 bridgehead atoms. The fourth-order valence-corrected chi connectivity index (χ4v) is 4.79. The second-order valence-corrected chi connectivity index (χ2v) is 7.15. The van der Waals surface area contributed by atoms with Crippen LogP contribution in [0.5, 0.6) is 0 Å². The van der Waals surface area contributed by atoms with Gasteiger partial charge in [-0.3, -0.25) is 4.52 Å². The van der Waals surface area contributed by atoms with E-state index in [-0.39, 0.29) is 6.10 Å². The van der Waals surface area contributed by atoms with Crippen molar-refractivity contribution >= 4 is 16.3 Å². The van der Waals surface area contributed by atoms with Gasteiger partial charge in [0.05, 0.1) is 6.10 Å². The highest BCUT2D eigenvalue weighted by atomic mass is 31.3. The summed E-state index contributed by atoms with van der Waals surface area (Å²) >= 11 is 0. The number of rotatable bonds is 7. The molecule has 0 amide bonds. The largest absolute Gasteiger partial charge is 0.820 e. The zero-order valence-electron chi connectivity index (χ0n) is 10.9. The molecule has 6 nitrogen and oxygen atoms in total. The van der Waals surface area contributed by atoms with E-state index in [0.717, 1.165) is 19.3 Å². The molecule has 0 aromatic carbocycles. The molecule has 1 saturated heterocycles. The minimum absolute atomic E-state index is 0.243. The molecule has 108 valence electrons. The van der Waals surface area contributed by atoms with Crippen LogP contribution in [-0.2, 0) is 13.4 Å². The maximum Gasteiger partial charge on any atom is 0.409 e. The SMILES string of the molecule is CCC(CC)OP(=O)(OP([O-])[O-])N1CCCCC1. The van der Waals surface area contributed by atoms with E-state index in [4.69, 9.17) is 4.52 Å². The first kappa shape index (κ1) is 16.5. The highest BCUT2D eigenvalue weighted by Gasteiger charge is 2.35. The van der Waals surface area contributed by atoms with Crippen LogP contribution in [0.4, 0.5) is 0 Å². The van der Waals surface area contributed by atoms with Crippen LogP contribution in [0.3, 0.4) is 0 Å². The van der Waals surface area contributed by atoms with Gasteiger partial charge in [0.1, 0.15) is 0 Å². The van der Waals surface area contributed by atoms with Crippen LogP contribution in [-0.4, -0.2) is 23.9 Å². The molecule has 1 aliphatic rings. The molecular formula is C10H21NO5P2-2. The van der Waals surface area contributed by atoms with Gasteiger partial charge in [-0.2, -0.15) is 0 Å². The molecule has 1 unspecified atom stereocenters. The molecule has 1 fully saturated rings. The van der Waals surface area contributed by atoms with E-state index < -0.39 is 16.3 Å². The number of hydrogen-bond donors (Lipinski definition) is 0. The first-order valence-corrected chi connectivity index (χ1v) is 8.99. The lowest BCUT2D eigenvalue weighted by Crippen LogP contribution is -2.31. The summed E-state index contributed by atoms with van der Waals surface area (Å²) in [6.45, 7) is 4.93. The molecule has 0 aromatic rings. The molecule has 0 spiro atoms. The van der Waals surface area contributed by atoms with Crippen LogP contribution >= 0.6 is 16.3 Å². The summed E-state index contributed by atoms with van der Waals surface area (Å²) < 4.78 is 24.2. The van der Waals surface area contributed by atoms with E-state index in [1.54, 1.807) is 4.67 Å². The highest BCUT2D eigenvalue weighted by Crippen LogP contribution is 2.59. The van der Waals surface area contributed by atoms with Crippen molar-refractivity contribution in [3.63, 3.8) is 0 Å². The van der Waals surface area contributed by atoms with Crippen molar-refractivity contribution in [1.82, 2.24) is 4.67 Å². The van der Waals surface area contributed by atoms with Crippen LogP contribution in [0, 0.1) is 0 Å². The molecule has 0 N–H and O–H groups in total. The average molecular weight is 297 g/mol. The molecule has 0 aromatic heterocycles. The molecule has 8 heteroatoms. The lowest BCUT2D eigenvalue weighted by molar-refractivity contribution is -0.311. The summed E-state index contributed by atoms with van der Waals surface area (Å²) in [5.74, 6) is 0. The molecule has 0 radical (unpaired) electrons. The van der Waals surface area contributed by atoms with Gasteiger partial charge in [0, 0.05) is 13.1 Å². The van der Waals surface area contributed by atoms with Gasteiger partial charge in [0.15, 0.2) is 0 Å². The molecule has 1 heterocycles. The van der Waals surface area contributed by atoms with Gasteiger partial charge < -0.3 is 14.1 Å². The van der Waals surface area contributed by atoms with E-state index in [1.807, 2.05) is 13.8 Å². The predicted molar refractivity (Wildman–Crippen MR) is 66.5 cm³/mol. The van der Waals surface area contributed by atoms with Gasteiger partial charge in [-0.05, 0) is 25.7 Å². The highest BCUT2D eigenvalue weighted by molar-refractivity contribution is 7.59. The summed E-state index contributed by atoms with van der Waals surface area (Å²) in [4.78, 5) is 21.5. The van der Waals surface area contributed by atoms with Crippen molar-refractivity contribution in [2.75, 3.05) is 13.1 Å². The topological polar surface area (TPSA) is 84.9 Å². The molecule has 0 saturated carbocycles. The summed E-state index contributed by atoms with van der Waals surface area (Å²) in [6.07, 6.45) is 3.93. The Kier molecular flexibility index (Phi) is 7.25. The third-order valence-corrected chi connectivity index (χ3v) is 6.06.